The molecule has 0 spiro atoms. The summed E-state index contributed by atoms with van der Waals surface area (Å²) in [5, 5.41) is 0.497. The first-order valence-corrected chi connectivity index (χ1v) is 9.14. The second kappa shape index (κ2) is 7.95. The zero-order chi connectivity index (χ0) is 18.7. The quantitative estimate of drug-likeness (QED) is 0.805. The van der Waals surface area contributed by atoms with Gasteiger partial charge in [-0.25, -0.2) is 4.79 Å². The highest BCUT2D eigenvalue weighted by molar-refractivity contribution is 6.33. The van der Waals surface area contributed by atoms with Crippen molar-refractivity contribution < 1.29 is 19.1 Å². The number of benzene rings is 1. The molecule has 1 atom stereocenters. The first-order valence-electron chi connectivity index (χ1n) is 8.76. The van der Waals surface area contributed by atoms with Crippen molar-refractivity contribution >= 4 is 35.2 Å². The van der Waals surface area contributed by atoms with Gasteiger partial charge in [-0.2, -0.15) is 0 Å². The molecule has 2 fully saturated rings. The Balaban J connectivity index is 1.59. The summed E-state index contributed by atoms with van der Waals surface area (Å²) in [7, 11) is 0. The van der Waals surface area contributed by atoms with Crippen LogP contribution < -0.4 is 4.90 Å². The topological polar surface area (TPSA) is 70.2 Å². The Labute approximate surface area is 157 Å². The van der Waals surface area contributed by atoms with E-state index in [2.05, 4.69) is 0 Å². The highest BCUT2D eigenvalue weighted by Crippen LogP contribution is 2.31. The second-order valence-electron chi connectivity index (χ2n) is 6.37. The highest BCUT2D eigenvalue weighted by Gasteiger charge is 2.38. The van der Waals surface area contributed by atoms with Crippen molar-refractivity contribution in [3.63, 3.8) is 0 Å². The lowest BCUT2D eigenvalue weighted by molar-refractivity contribution is -0.137. The van der Waals surface area contributed by atoms with Crippen molar-refractivity contribution in [2.45, 2.75) is 13.3 Å². The SMILES string of the molecule is CCOC(=O)N1CCN(C(=O)[C@H]2CC(=O)N(c3ccccc3Cl)C2)CC1. The molecule has 2 saturated heterocycles. The molecule has 3 amide bonds. The van der Waals surface area contributed by atoms with E-state index < -0.39 is 0 Å². The summed E-state index contributed by atoms with van der Waals surface area (Å²) < 4.78 is 4.98. The van der Waals surface area contributed by atoms with Gasteiger partial charge in [0.1, 0.15) is 0 Å². The van der Waals surface area contributed by atoms with Gasteiger partial charge in [0.05, 0.1) is 23.2 Å². The molecule has 2 aliphatic rings. The molecule has 0 radical (unpaired) electrons. The van der Waals surface area contributed by atoms with Crippen molar-refractivity contribution in [1.82, 2.24) is 9.80 Å². The molecule has 0 aromatic heterocycles. The smallest absolute Gasteiger partial charge is 0.409 e. The predicted molar refractivity (Wildman–Crippen MR) is 97.1 cm³/mol. The first kappa shape index (κ1) is 18.5. The molecule has 7 nitrogen and oxygen atoms in total. The molecule has 1 aromatic rings. The lowest BCUT2D eigenvalue weighted by Crippen LogP contribution is -2.52. The van der Waals surface area contributed by atoms with E-state index in [0.717, 1.165) is 0 Å². The third-order valence-electron chi connectivity index (χ3n) is 4.73. The fourth-order valence-electron chi connectivity index (χ4n) is 3.36. The Morgan fingerprint density at radius 3 is 2.46 bits per heavy atom. The number of carbonyl (C=O) groups is 3. The van der Waals surface area contributed by atoms with Crippen LogP contribution in [0.25, 0.3) is 0 Å². The van der Waals surface area contributed by atoms with Gasteiger partial charge in [-0.05, 0) is 19.1 Å². The maximum absolute atomic E-state index is 12.8. The van der Waals surface area contributed by atoms with Gasteiger partial charge >= 0.3 is 6.09 Å². The number of hydrogen-bond donors (Lipinski definition) is 0. The maximum atomic E-state index is 12.8. The standard InChI is InChI=1S/C18H22ClN3O4/c1-2-26-18(25)21-9-7-20(8-10-21)17(24)13-11-16(23)22(12-13)15-6-4-3-5-14(15)19/h3-6,13H,2,7-12H2,1H3/t13-/m0/s1. The predicted octanol–water partition coefficient (Wildman–Crippen LogP) is 1.99. The largest absolute Gasteiger partial charge is 0.450 e. The third-order valence-corrected chi connectivity index (χ3v) is 5.05. The third kappa shape index (κ3) is 3.77. The number of ether oxygens (including phenoxy) is 1. The van der Waals surface area contributed by atoms with Crippen molar-refractivity contribution in [2.24, 2.45) is 5.92 Å². The number of para-hydroxylation sites is 1. The first-order chi connectivity index (χ1) is 12.5. The van der Waals surface area contributed by atoms with E-state index >= 15 is 0 Å². The summed E-state index contributed by atoms with van der Waals surface area (Å²) >= 11 is 6.18. The van der Waals surface area contributed by atoms with Crippen molar-refractivity contribution in [3.8, 4) is 0 Å². The Morgan fingerprint density at radius 2 is 1.81 bits per heavy atom. The fraction of sp³-hybridized carbons (Fsp3) is 0.500. The number of carbonyl (C=O) groups excluding carboxylic acids is 3. The minimum absolute atomic E-state index is 0.0450. The minimum Gasteiger partial charge on any atom is -0.450 e. The lowest BCUT2D eigenvalue weighted by atomic mass is 10.1. The van der Waals surface area contributed by atoms with Gasteiger partial charge in [0.2, 0.25) is 11.8 Å². The maximum Gasteiger partial charge on any atom is 0.409 e. The number of nitrogens with zero attached hydrogens (tertiary/aromatic N) is 3. The summed E-state index contributed by atoms with van der Waals surface area (Å²) in [6, 6.07) is 7.13. The molecule has 2 heterocycles. The molecule has 0 N–H and O–H groups in total. The van der Waals surface area contributed by atoms with Crippen LogP contribution in [-0.2, 0) is 14.3 Å². The lowest BCUT2D eigenvalue weighted by Gasteiger charge is -2.35. The minimum atomic E-state index is -0.382. The van der Waals surface area contributed by atoms with Crippen LogP contribution in [-0.4, -0.2) is 67.0 Å². The van der Waals surface area contributed by atoms with Crippen LogP contribution in [0.2, 0.25) is 5.02 Å². The van der Waals surface area contributed by atoms with Gasteiger partial charge in [0, 0.05) is 39.1 Å². The second-order valence-corrected chi connectivity index (χ2v) is 6.78. The van der Waals surface area contributed by atoms with E-state index in [9.17, 15) is 14.4 Å². The van der Waals surface area contributed by atoms with Gasteiger partial charge < -0.3 is 19.4 Å². The van der Waals surface area contributed by atoms with Crippen molar-refractivity contribution in [1.29, 1.82) is 0 Å². The van der Waals surface area contributed by atoms with E-state index in [1.54, 1.807) is 39.8 Å². The molecule has 1 aromatic carbocycles. The van der Waals surface area contributed by atoms with Crippen LogP contribution in [0.1, 0.15) is 13.3 Å². The molecule has 2 aliphatic heterocycles. The zero-order valence-corrected chi connectivity index (χ0v) is 15.4. The van der Waals surface area contributed by atoms with E-state index in [-0.39, 0.29) is 30.2 Å². The normalized spacial score (nSPS) is 20.5. The van der Waals surface area contributed by atoms with Crippen LogP contribution in [0.5, 0.6) is 0 Å². The Kier molecular flexibility index (Phi) is 5.66. The van der Waals surface area contributed by atoms with Gasteiger partial charge in [0.15, 0.2) is 0 Å². The Bertz CT molecular complexity index is 703. The monoisotopic (exact) mass is 379 g/mol. The Hall–Kier alpha value is -2.28. The molecular weight excluding hydrogens is 358 g/mol. The Morgan fingerprint density at radius 1 is 1.15 bits per heavy atom. The number of anilines is 1. The van der Waals surface area contributed by atoms with Gasteiger partial charge in [-0.1, -0.05) is 23.7 Å². The molecule has 0 saturated carbocycles. The number of halogens is 1. The number of hydrogen-bond acceptors (Lipinski definition) is 4. The van der Waals surface area contributed by atoms with E-state index in [1.807, 2.05) is 6.07 Å². The van der Waals surface area contributed by atoms with Gasteiger partial charge in [-0.3, -0.25) is 9.59 Å². The molecule has 0 aliphatic carbocycles. The van der Waals surface area contributed by atoms with Crippen LogP contribution in [0, 0.1) is 5.92 Å². The van der Waals surface area contributed by atoms with Crippen LogP contribution in [0.3, 0.4) is 0 Å². The molecule has 140 valence electrons. The molecule has 0 bridgehead atoms. The molecule has 0 unspecified atom stereocenters. The van der Waals surface area contributed by atoms with E-state index in [1.165, 1.54) is 0 Å². The zero-order valence-electron chi connectivity index (χ0n) is 14.7. The average molecular weight is 380 g/mol. The molecule has 26 heavy (non-hydrogen) atoms. The highest BCUT2D eigenvalue weighted by atomic mass is 35.5. The van der Waals surface area contributed by atoms with Gasteiger partial charge in [-0.15, -0.1) is 0 Å². The van der Waals surface area contributed by atoms with Gasteiger partial charge in [0.25, 0.3) is 0 Å². The van der Waals surface area contributed by atoms with Crippen molar-refractivity contribution in [2.75, 3.05) is 44.2 Å². The number of piperazine rings is 1. The number of rotatable bonds is 3. The summed E-state index contributed by atoms with van der Waals surface area (Å²) in [5.74, 6) is -0.522. The fourth-order valence-corrected chi connectivity index (χ4v) is 3.60. The molecular formula is C18H22ClN3O4. The molecule has 8 heteroatoms. The van der Waals surface area contributed by atoms with Crippen molar-refractivity contribution in [3.05, 3.63) is 29.3 Å². The summed E-state index contributed by atoms with van der Waals surface area (Å²) in [6.07, 6.45) is -0.164. The van der Waals surface area contributed by atoms with Crippen LogP contribution >= 0.6 is 11.6 Å². The summed E-state index contributed by atoms with van der Waals surface area (Å²) in [4.78, 5) is 41.8. The van der Waals surface area contributed by atoms with E-state index in [4.69, 9.17) is 16.3 Å². The van der Waals surface area contributed by atoms with E-state index in [0.29, 0.717) is 50.0 Å². The molecule has 3 rings (SSSR count). The van der Waals surface area contributed by atoms with Crippen LogP contribution in [0.15, 0.2) is 24.3 Å². The average Bonchev–Trinajstić information content (AvgIpc) is 3.03. The summed E-state index contributed by atoms with van der Waals surface area (Å²) in [5.41, 5.74) is 0.640. The summed E-state index contributed by atoms with van der Waals surface area (Å²) in [6.45, 7) is 4.22. The number of amides is 3. The van der Waals surface area contributed by atoms with Crippen LogP contribution in [0.4, 0.5) is 10.5 Å².